The molecule has 0 amide bonds. The van der Waals surface area contributed by atoms with E-state index in [2.05, 4.69) is 22.9 Å². The number of hydrogen-bond donors (Lipinski definition) is 0. The highest BCUT2D eigenvalue weighted by atomic mass is 79.9. The first kappa shape index (κ1) is 14.6. The molecule has 0 heterocycles. The Balaban J connectivity index is 2.80. The van der Waals surface area contributed by atoms with Crippen LogP contribution in [0, 0.1) is 0 Å². The van der Waals surface area contributed by atoms with Crippen molar-refractivity contribution in [2.24, 2.45) is 0 Å². The fourth-order valence-electron chi connectivity index (χ4n) is 1.71. The highest BCUT2D eigenvalue weighted by molar-refractivity contribution is 9.09. The molecule has 0 aliphatic carbocycles. The van der Waals surface area contributed by atoms with Gasteiger partial charge in [-0.15, -0.1) is 0 Å². The molecule has 0 nitrogen and oxygen atoms in total. The van der Waals surface area contributed by atoms with Gasteiger partial charge in [-0.3, -0.25) is 0 Å². The van der Waals surface area contributed by atoms with Crippen LogP contribution in [0.4, 0.5) is 13.2 Å². The summed E-state index contributed by atoms with van der Waals surface area (Å²) in [4.78, 5) is 0.309. The molecule has 0 saturated heterocycles. The van der Waals surface area contributed by atoms with E-state index in [4.69, 9.17) is 0 Å². The van der Waals surface area contributed by atoms with E-state index in [9.17, 15) is 13.2 Å². The Bertz CT molecular complexity index is 343. The zero-order chi connectivity index (χ0) is 13.1. The summed E-state index contributed by atoms with van der Waals surface area (Å²) >= 11 is 3.58. The lowest BCUT2D eigenvalue weighted by Crippen LogP contribution is -2.10. The molecule has 4 heteroatoms. The average Bonchev–Trinajstić information content (AvgIpc) is 2.27. The Labute approximate surface area is 108 Å². The number of halogens is 4. The van der Waals surface area contributed by atoms with Gasteiger partial charge in [-0.25, -0.2) is 0 Å². The fourth-order valence-corrected chi connectivity index (χ4v) is 2.47. The normalized spacial score (nSPS) is 15.6. The van der Waals surface area contributed by atoms with Gasteiger partial charge in [-0.05, 0) is 30.0 Å². The monoisotopic (exact) mass is 308 g/mol. The molecule has 0 saturated carbocycles. The molecule has 0 spiro atoms. The maximum atomic E-state index is 12.4. The largest absolute Gasteiger partial charge is 0.416 e. The van der Waals surface area contributed by atoms with Crippen LogP contribution in [-0.4, -0.2) is 4.83 Å². The van der Waals surface area contributed by atoms with Crippen molar-refractivity contribution in [2.75, 3.05) is 0 Å². The predicted octanol–water partition coefficient (Wildman–Crippen LogP) is 5.37. The second-order valence-electron chi connectivity index (χ2n) is 4.21. The van der Waals surface area contributed by atoms with Gasteiger partial charge in [0.25, 0.3) is 0 Å². The van der Waals surface area contributed by atoms with E-state index in [0.29, 0.717) is 4.83 Å². The first-order valence-electron chi connectivity index (χ1n) is 5.67. The Hall–Kier alpha value is -0.510. The maximum Gasteiger partial charge on any atom is 0.416 e. The lowest BCUT2D eigenvalue weighted by atomic mass is 9.94. The van der Waals surface area contributed by atoms with Crippen LogP contribution in [0.15, 0.2) is 24.3 Å². The van der Waals surface area contributed by atoms with Crippen molar-refractivity contribution >= 4 is 15.9 Å². The minimum absolute atomic E-state index is 0.220. The van der Waals surface area contributed by atoms with Crippen LogP contribution in [0.25, 0.3) is 0 Å². The zero-order valence-corrected chi connectivity index (χ0v) is 11.5. The van der Waals surface area contributed by atoms with Crippen molar-refractivity contribution in [3.8, 4) is 0 Å². The van der Waals surface area contributed by atoms with Crippen LogP contribution < -0.4 is 0 Å². The first-order valence-corrected chi connectivity index (χ1v) is 6.59. The summed E-state index contributed by atoms with van der Waals surface area (Å²) in [6.07, 6.45) is -2.18. The second-order valence-corrected chi connectivity index (χ2v) is 5.39. The molecular formula is C13H16BrF3. The molecule has 0 aliphatic rings. The fraction of sp³-hybridized carbons (Fsp3) is 0.538. The van der Waals surface area contributed by atoms with Crippen molar-refractivity contribution in [1.29, 1.82) is 0 Å². The van der Waals surface area contributed by atoms with E-state index in [1.807, 2.05) is 6.92 Å². The molecule has 1 aromatic carbocycles. The molecular weight excluding hydrogens is 293 g/mol. The minimum Gasteiger partial charge on any atom is -0.166 e. The quantitative estimate of drug-likeness (QED) is 0.656. The lowest BCUT2D eigenvalue weighted by Gasteiger charge is -2.18. The zero-order valence-electron chi connectivity index (χ0n) is 9.89. The van der Waals surface area contributed by atoms with E-state index in [-0.39, 0.29) is 5.92 Å². The highest BCUT2D eigenvalue weighted by Crippen LogP contribution is 2.32. The SMILES string of the molecule is CCCC(Br)C(C)c1ccc(C(F)(F)F)cc1. The summed E-state index contributed by atoms with van der Waals surface area (Å²) in [5.41, 5.74) is 0.350. The number of benzene rings is 1. The molecule has 0 bridgehead atoms. The van der Waals surface area contributed by atoms with E-state index in [1.54, 1.807) is 12.1 Å². The van der Waals surface area contributed by atoms with E-state index >= 15 is 0 Å². The Morgan fingerprint density at radius 1 is 1.18 bits per heavy atom. The summed E-state index contributed by atoms with van der Waals surface area (Å²) in [6.45, 7) is 4.12. The first-order chi connectivity index (χ1) is 7.86. The van der Waals surface area contributed by atoms with Crippen LogP contribution in [0.1, 0.15) is 43.7 Å². The Morgan fingerprint density at radius 3 is 2.12 bits per heavy atom. The second kappa shape index (κ2) is 5.89. The minimum atomic E-state index is -4.25. The summed E-state index contributed by atoms with van der Waals surface area (Å²) in [5, 5.41) is 0. The predicted molar refractivity (Wildman–Crippen MR) is 67.5 cm³/mol. The molecule has 0 aromatic heterocycles. The molecule has 0 aliphatic heterocycles. The Kier molecular flexibility index (Phi) is 5.04. The van der Waals surface area contributed by atoms with Crippen molar-refractivity contribution in [2.45, 2.75) is 43.6 Å². The van der Waals surface area contributed by atoms with Crippen LogP contribution in [0.2, 0.25) is 0 Å². The molecule has 1 aromatic rings. The number of hydrogen-bond acceptors (Lipinski definition) is 0. The van der Waals surface area contributed by atoms with Crippen molar-refractivity contribution < 1.29 is 13.2 Å². The highest BCUT2D eigenvalue weighted by Gasteiger charge is 2.30. The van der Waals surface area contributed by atoms with Crippen LogP contribution in [0.3, 0.4) is 0 Å². The molecule has 0 radical (unpaired) electrons. The van der Waals surface area contributed by atoms with E-state index in [1.165, 1.54) is 0 Å². The van der Waals surface area contributed by atoms with Gasteiger partial charge in [0, 0.05) is 4.83 Å². The van der Waals surface area contributed by atoms with Crippen molar-refractivity contribution in [1.82, 2.24) is 0 Å². The number of alkyl halides is 4. The van der Waals surface area contributed by atoms with Gasteiger partial charge in [0.15, 0.2) is 0 Å². The summed E-state index contributed by atoms with van der Waals surface area (Å²) in [6, 6.07) is 5.43. The van der Waals surface area contributed by atoms with Gasteiger partial charge < -0.3 is 0 Å². The van der Waals surface area contributed by atoms with Gasteiger partial charge >= 0.3 is 6.18 Å². The maximum absolute atomic E-state index is 12.4. The molecule has 0 N–H and O–H groups in total. The third kappa shape index (κ3) is 4.02. The summed E-state index contributed by atoms with van der Waals surface area (Å²) in [5.74, 6) is 0.220. The summed E-state index contributed by atoms with van der Waals surface area (Å²) in [7, 11) is 0. The molecule has 1 rings (SSSR count). The Morgan fingerprint density at radius 2 is 1.71 bits per heavy atom. The third-order valence-corrected chi connectivity index (χ3v) is 4.12. The van der Waals surface area contributed by atoms with Crippen molar-refractivity contribution in [3.63, 3.8) is 0 Å². The number of rotatable bonds is 4. The van der Waals surface area contributed by atoms with E-state index in [0.717, 1.165) is 30.5 Å². The van der Waals surface area contributed by atoms with Gasteiger partial charge in [-0.2, -0.15) is 13.2 Å². The molecule has 96 valence electrons. The third-order valence-electron chi connectivity index (χ3n) is 2.87. The van der Waals surface area contributed by atoms with Gasteiger partial charge in [0.2, 0.25) is 0 Å². The van der Waals surface area contributed by atoms with Crippen LogP contribution in [0.5, 0.6) is 0 Å². The standard InChI is InChI=1S/C13H16BrF3/c1-3-4-12(14)9(2)10-5-7-11(8-6-10)13(15,16)17/h5-9,12H,3-4H2,1-2H3. The smallest absolute Gasteiger partial charge is 0.166 e. The van der Waals surface area contributed by atoms with Gasteiger partial charge in [-0.1, -0.05) is 48.3 Å². The topological polar surface area (TPSA) is 0 Å². The lowest BCUT2D eigenvalue weighted by molar-refractivity contribution is -0.137. The average molecular weight is 309 g/mol. The van der Waals surface area contributed by atoms with Crippen molar-refractivity contribution in [3.05, 3.63) is 35.4 Å². The molecule has 0 fully saturated rings. The van der Waals surface area contributed by atoms with E-state index < -0.39 is 11.7 Å². The van der Waals surface area contributed by atoms with Crippen LogP contribution in [-0.2, 0) is 6.18 Å². The van der Waals surface area contributed by atoms with Gasteiger partial charge in [0.1, 0.15) is 0 Å². The van der Waals surface area contributed by atoms with Crippen LogP contribution >= 0.6 is 15.9 Å². The molecule has 2 unspecified atom stereocenters. The van der Waals surface area contributed by atoms with Gasteiger partial charge in [0.05, 0.1) is 5.56 Å². The summed E-state index contributed by atoms with van der Waals surface area (Å²) < 4.78 is 37.2. The molecule has 2 atom stereocenters. The molecule has 17 heavy (non-hydrogen) atoms.